The maximum absolute atomic E-state index is 13.6. The minimum atomic E-state index is -0.576. The summed E-state index contributed by atoms with van der Waals surface area (Å²) in [7, 11) is 0. The van der Waals surface area contributed by atoms with Crippen LogP contribution in [0.5, 0.6) is 0 Å². The van der Waals surface area contributed by atoms with Crippen LogP contribution < -0.4 is 4.90 Å². The number of anilines is 1. The van der Waals surface area contributed by atoms with E-state index in [1.807, 2.05) is 19.1 Å². The molecule has 30 heavy (non-hydrogen) atoms. The Balaban J connectivity index is 1.63. The predicted octanol–water partition coefficient (Wildman–Crippen LogP) is 4.50. The molecule has 6 nitrogen and oxygen atoms in total. The molecule has 2 aliphatic heterocycles. The molecular formula is C22H22ClN3O3S. The zero-order chi connectivity index (χ0) is 21.0. The average Bonchev–Trinajstić information content (AvgIpc) is 3.32. The second-order valence-corrected chi connectivity index (χ2v) is 9.73. The molecule has 1 saturated carbocycles. The van der Waals surface area contributed by atoms with Gasteiger partial charge in [-0.3, -0.25) is 14.5 Å². The molecule has 4 atom stereocenters. The van der Waals surface area contributed by atoms with Crippen LogP contribution in [-0.4, -0.2) is 28.0 Å². The maximum Gasteiger partial charge on any atom is 0.296 e. The highest BCUT2D eigenvalue weighted by molar-refractivity contribution is 7.15. The number of amides is 1. The fourth-order valence-electron chi connectivity index (χ4n) is 4.72. The monoisotopic (exact) mass is 443 g/mol. The van der Waals surface area contributed by atoms with Crippen molar-refractivity contribution in [2.45, 2.75) is 51.7 Å². The summed E-state index contributed by atoms with van der Waals surface area (Å²) >= 11 is 7.46. The van der Waals surface area contributed by atoms with E-state index in [1.54, 1.807) is 17.0 Å². The van der Waals surface area contributed by atoms with Crippen molar-refractivity contribution in [1.82, 2.24) is 10.2 Å². The summed E-state index contributed by atoms with van der Waals surface area (Å²) in [5.41, 5.74) is 1.26. The number of ether oxygens (including phenoxy) is 1. The summed E-state index contributed by atoms with van der Waals surface area (Å²) in [6, 6.07) is 6.68. The van der Waals surface area contributed by atoms with Crippen molar-refractivity contribution in [1.29, 1.82) is 0 Å². The number of benzene rings is 1. The zero-order valence-electron chi connectivity index (χ0n) is 16.8. The predicted molar refractivity (Wildman–Crippen MR) is 114 cm³/mol. The number of ketones is 1. The van der Waals surface area contributed by atoms with Gasteiger partial charge in [0.15, 0.2) is 11.5 Å². The second-order valence-electron chi connectivity index (χ2n) is 8.25. The van der Waals surface area contributed by atoms with Crippen LogP contribution in [0.15, 0.2) is 35.6 Å². The Kier molecular flexibility index (Phi) is 4.90. The largest absolute Gasteiger partial charge is 0.483 e. The molecule has 0 saturated heterocycles. The molecule has 8 heteroatoms. The van der Waals surface area contributed by atoms with Gasteiger partial charge in [-0.05, 0) is 49.3 Å². The second kappa shape index (κ2) is 7.46. The molecular weight excluding hydrogens is 422 g/mol. The van der Waals surface area contributed by atoms with Gasteiger partial charge in [-0.15, -0.1) is 10.2 Å². The molecule has 0 radical (unpaired) electrons. The SMILES string of the molecule is CCc1nnc(N2C(=O)C3=C(C(=O)C4CC(C)CCC4O3)C2c2ccc(Cl)cc2)s1. The molecule has 1 aromatic carbocycles. The smallest absolute Gasteiger partial charge is 0.296 e. The van der Waals surface area contributed by atoms with Crippen LogP contribution in [-0.2, 0) is 20.7 Å². The molecule has 0 N–H and O–H groups in total. The van der Waals surface area contributed by atoms with Crippen LogP contribution in [0.4, 0.5) is 5.13 Å². The summed E-state index contributed by atoms with van der Waals surface area (Å²) < 4.78 is 6.20. The molecule has 0 bridgehead atoms. The van der Waals surface area contributed by atoms with Crippen LogP contribution in [0.25, 0.3) is 0 Å². The van der Waals surface area contributed by atoms with Gasteiger partial charge in [-0.1, -0.05) is 48.9 Å². The van der Waals surface area contributed by atoms with E-state index in [0.29, 0.717) is 21.6 Å². The number of Topliss-reactive ketones (excluding diaryl/α,β-unsaturated/α-hetero) is 1. The molecule has 1 aromatic heterocycles. The van der Waals surface area contributed by atoms with Crippen molar-refractivity contribution >= 4 is 39.8 Å². The van der Waals surface area contributed by atoms with E-state index in [1.165, 1.54) is 11.3 Å². The number of aryl methyl sites for hydroxylation is 1. The normalized spacial score (nSPS) is 28.4. The van der Waals surface area contributed by atoms with Crippen LogP contribution >= 0.6 is 22.9 Å². The van der Waals surface area contributed by atoms with Crippen LogP contribution in [0.2, 0.25) is 5.02 Å². The Bertz CT molecular complexity index is 1050. The lowest BCUT2D eigenvalue weighted by atomic mass is 9.74. The summed E-state index contributed by atoms with van der Waals surface area (Å²) in [6.07, 6.45) is 3.11. The van der Waals surface area contributed by atoms with Crippen LogP contribution in [0, 0.1) is 11.8 Å². The first-order valence-corrected chi connectivity index (χ1v) is 11.5. The fourth-order valence-corrected chi connectivity index (χ4v) is 5.65. The molecule has 0 spiro atoms. The lowest BCUT2D eigenvalue weighted by Gasteiger charge is -2.37. The minimum absolute atomic E-state index is 0.0313. The van der Waals surface area contributed by atoms with Crippen molar-refractivity contribution in [3.63, 3.8) is 0 Å². The number of fused-ring (bicyclic) bond motifs is 1. The quantitative estimate of drug-likeness (QED) is 0.698. The van der Waals surface area contributed by atoms with Crippen molar-refractivity contribution in [2.75, 3.05) is 4.90 Å². The Morgan fingerprint density at radius 2 is 1.97 bits per heavy atom. The Labute approximate surface area is 183 Å². The molecule has 156 valence electrons. The van der Waals surface area contributed by atoms with Gasteiger partial charge in [0.05, 0.1) is 17.5 Å². The van der Waals surface area contributed by atoms with E-state index in [-0.39, 0.29) is 29.5 Å². The molecule has 3 aliphatic rings. The first kappa shape index (κ1) is 19.7. The minimum Gasteiger partial charge on any atom is -0.483 e. The van der Waals surface area contributed by atoms with E-state index in [0.717, 1.165) is 36.3 Å². The molecule has 4 unspecified atom stereocenters. The number of hydrogen-bond acceptors (Lipinski definition) is 6. The first-order valence-electron chi connectivity index (χ1n) is 10.3. The highest BCUT2D eigenvalue weighted by Crippen LogP contribution is 2.49. The molecule has 1 fully saturated rings. The van der Waals surface area contributed by atoms with Crippen molar-refractivity contribution in [2.24, 2.45) is 11.8 Å². The van der Waals surface area contributed by atoms with Gasteiger partial charge >= 0.3 is 0 Å². The van der Waals surface area contributed by atoms with Gasteiger partial charge in [0.2, 0.25) is 5.13 Å². The summed E-state index contributed by atoms with van der Waals surface area (Å²) in [6.45, 7) is 4.16. The van der Waals surface area contributed by atoms with Gasteiger partial charge < -0.3 is 4.74 Å². The lowest BCUT2D eigenvalue weighted by molar-refractivity contribution is -0.132. The average molecular weight is 444 g/mol. The molecule has 1 aliphatic carbocycles. The van der Waals surface area contributed by atoms with Crippen molar-refractivity contribution < 1.29 is 14.3 Å². The topological polar surface area (TPSA) is 72.4 Å². The van der Waals surface area contributed by atoms with Gasteiger partial charge in [0, 0.05) is 5.02 Å². The molecule has 2 aromatic rings. The van der Waals surface area contributed by atoms with E-state index in [4.69, 9.17) is 16.3 Å². The summed E-state index contributed by atoms with van der Waals surface area (Å²) in [5, 5.41) is 10.4. The number of aromatic nitrogens is 2. The maximum atomic E-state index is 13.6. The molecule has 3 heterocycles. The van der Waals surface area contributed by atoms with Crippen LogP contribution in [0.3, 0.4) is 0 Å². The third-order valence-electron chi connectivity index (χ3n) is 6.26. The van der Waals surface area contributed by atoms with Crippen LogP contribution in [0.1, 0.15) is 49.7 Å². The Hall–Kier alpha value is -2.25. The number of halogens is 1. The lowest BCUT2D eigenvalue weighted by Crippen LogP contribution is -2.41. The number of nitrogens with zero attached hydrogens (tertiary/aromatic N) is 3. The fraction of sp³-hybridized carbons (Fsp3) is 0.455. The number of carbonyl (C=O) groups is 2. The first-order chi connectivity index (χ1) is 14.5. The van der Waals surface area contributed by atoms with Gasteiger partial charge in [-0.25, -0.2) is 0 Å². The van der Waals surface area contributed by atoms with Crippen molar-refractivity contribution in [3.8, 4) is 0 Å². The highest BCUT2D eigenvalue weighted by Gasteiger charge is 2.53. The molecule has 5 rings (SSSR count). The van der Waals surface area contributed by atoms with Crippen molar-refractivity contribution in [3.05, 3.63) is 51.2 Å². The van der Waals surface area contributed by atoms with E-state index in [2.05, 4.69) is 17.1 Å². The van der Waals surface area contributed by atoms with Gasteiger partial charge in [0.25, 0.3) is 5.91 Å². The van der Waals surface area contributed by atoms with E-state index < -0.39 is 6.04 Å². The van der Waals surface area contributed by atoms with E-state index >= 15 is 0 Å². The zero-order valence-corrected chi connectivity index (χ0v) is 18.4. The van der Waals surface area contributed by atoms with E-state index in [9.17, 15) is 9.59 Å². The van der Waals surface area contributed by atoms with Gasteiger partial charge in [0.1, 0.15) is 11.1 Å². The summed E-state index contributed by atoms with van der Waals surface area (Å²) in [4.78, 5) is 28.7. The Morgan fingerprint density at radius 3 is 2.67 bits per heavy atom. The highest BCUT2D eigenvalue weighted by atomic mass is 35.5. The summed E-state index contributed by atoms with van der Waals surface area (Å²) in [5.74, 6) is 0.177. The number of hydrogen-bond donors (Lipinski definition) is 0. The molecule has 1 amide bonds. The van der Waals surface area contributed by atoms with Gasteiger partial charge in [-0.2, -0.15) is 0 Å². The standard InChI is InChI=1S/C22H22ClN3O3S/c1-3-16-24-25-22(30-16)26-18(12-5-7-13(23)8-6-12)17-19(27)14-10-11(2)4-9-15(14)29-20(17)21(26)28/h5-8,11,14-15,18H,3-4,9-10H2,1-2H3. The Morgan fingerprint density at radius 1 is 1.20 bits per heavy atom. The third kappa shape index (κ3) is 3.06. The third-order valence-corrected chi connectivity index (χ3v) is 7.58. The number of rotatable bonds is 3. The number of carbonyl (C=O) groups excluding carboxylic acids is 2.